The number of thioether (sulfide) groups is 1. The van der Waals surface area contributed by atoms with Crippen molar-refractivity contribution in [3.8, 4) is 11.8 Å². The molecule has 0 saturated carbocycles. The zero-order valence-electron chi connectivity index (χ0n) is 15.7. The number of nitriles is 1. The van der Waals surface area contributed by atoms with Gasteiger partial charge in [0.2, 0.25) is 5.91 Å². The quantitative estimate of drug-likeness (QED) is 0.791. The Morgan fingerprint density at radius 1 is 1.18 bits per heavy atom. The molecule has 0 aromatic heterocycles. The monoisotopic (exact) mass is 391 g/mol. The van der Waals surface area contributed by atoms with Crippen LogP contribution in [0.4, 0.5) is 0 Å². The number of carbonyl (C=O) groups is 1. The van der Waals surface area contributed by atoms with Crippen LogP contribution in [0.15, 0.2) is 65.2 Å². The second-order valence-electron chi connectivity index (χ2n) is 6.91. The van der Waals surface area contributed by atoms with E-state index in [4.69, 9.17) is 4.74 Å². The number of ether oxygens (including phenoxy) is 1. The second-order valence-corrected chi connectivity index (χ2v) is 7.85. The van der Waals surface area contributed by atoms with Crippen molar-refractivity contribution in [1.82, 2.24) is 9.80 Å². The van der Waals surface area contributed by atoms with Gasteiger partial charge in [-0.25, -0.2) is 0 Å². The molecule has 28 heavy (non-hydrogen) atoms. The van der Waals surface area contributed by atoms with Crippen molar-refractivity contribution in [3.05, 3.63) is 76.3 Å². The van der Waals surface area contributed by atoms with Crippen LogP contribution in [0.5, 0.6) is 5.75 Å². The van der Waals surface area contributed by atoms with Crippen molar-refractivity contribution in [3.63, 3.8) is 0 Å². The van der Waals surface area contributed by atoms with Gasteiger partial charge in [0.15, 0.2) is 0 Å². The van der Waals surface area contributed by atoms with Gasteiger partial charge in [0.25, 0.3) is 0 Å². The number of nitrogens with zero attached hydrogens (tertiary/aromatic N) is 3. The summed E-state index contributed by atoms with van der Waals surface area (Å²) in [4.78, 5) is 16.9. The van der Waals surface area contributed by atoms with E-state index in [1.165, 1.54) is 5.56 Å². The third-order valence-electron chi connectivity index (χ3n) is 5.12. The standard InChI is InChI=1S/C22H21N3O2S/c1-27-18-9-7-17(8-10-18)19-11-21(26)25-14-24(13-16-5-3-2-4-6-16)15-28-22(25)20(19)12-23/h2-10,19H,11,13-15H2,1H3/t19-/m0/s1. The number of amides is 1. The highest BCUT2D eigenvalue weighted by Crippen LogP contribution is 2.42. The van der Waals surface area contributed by atoms with E-state index in [1.54, 1.807) is 23.8 Å². The summed E-state index contributed by atoms with van der Waals surface area (Å²) in [5, 5.41) is 10.7. The van der Waals surface area contributed by atoms with Crippen molar-refractivity contribution < 1.29 is 9.53 Å². The summed E-state index contributed by atoms with van der Waals surface area (Å²) in [5.74, 6) is 1.40. The molecule has 2 aliphatic rings. The first-order valence-electron chi connectivity index (χ1n) is 9.17. The lowest BCUT2D eigenvalue weighted by atomic mass is 9.86. The molecule has 0 spiro atoms. The molecule has 4 rings (SSSR count). The summed E-state index contributed by atoms with van der Waals surface area (Å²) >= 11 is 1.58. The van der Waals surface area contributed by atoms with Crippen molar-refractivity contribution in [2.45, 2.75) is 18.9 Å². The van der Waals surface area contributed by atoms with E-state index < -0.39 is 0 Å². The van der Waals surface area contributed by atoms with Gasteiger partial charge in [0.05, 0.1) is 36.3 Å². The Hall–Kier alpha value is -2.75. The third-order valence-corrected chi connectivity index (χ3v) is 6.32. The minimum absolute atomic E-state index is 0.0695. The second kappa shape index (κ2) is 8.09. The normalized spacial score (nSPS) is 19.9. The third kappa shape index (κ3) is 3.64. The Morgan fingerprint density at radius 2 is 1.93 bits per heavy atom. The average molecular weight is 391 g/mol. The van der Waals surface area contributed by atoms with E-state index in [-0.39, 0.29) is 11.8 Å². The first-order valence-corrected chi connectivity index (χ1v) is 10.2. The molecule has 1 fully saturated rings. The van der Waals surface area contributed by atoms with Crippen LogP contribution in [0.3, 0.4) is 0 Å². The van der Waals surface area contributed by atoms with Crippen molar-refractivity contribution >= 4 is 17.7 Å². The number of hydrogen-bond acceptors (Lipinski definition) is 5. The van der Waals surface area contributed by atoms with Gasteiger partial charge in [0, 0.05) is 18.9 Å². The van der Waals surface area contributed by atoms with E-state index in [0.717, 1.165) is 28.8 Å². The molecule has 142 valence electrons. The van der Waals surface area contributed by atoms with Crippen LogP contribution < -0.4 is 4.74 Å². The van der Waals surface area contributed by atoms with Gasteiger partial charge in [-0.15, -0.1) is 0 Å². The van der Waals surface area contributed by atoms with Gasteiger partial charge in [0.1, 0.15) is 5.75 Å². The lowest BCUT2D eigenvalue weighted by Crippen LogP contribution is -2.46. The lowest BCUT2D eigenvalue weighted by Gasteiger charge is -2.41. The molecule has 1 amide bonds. The molecule has 0 radical (unpaired) electrons. The van der Waals surface area contributed by atoms with E-state index in [0.29, 0.717) is 18.7 Å². The Morgan fingerprint density at radius 3 is 2.61 bits per heavy atom. The van der Waals surface area contributed by atoms with Gasteiger partial charge in [-0.05, 0) is 23.3 Å². The van der Waals surface area contributed by atoms with E-state index >= 15 is 0 Å². The predicted molar refractivity (Wildman–Crippen MR) is 109 cm³/mol. The molecule has 0 N–H and O–H groups in total. The smallest absolute Gasteiger partial charge is 0.229 e. The van der Waals surface area contributed by atoms with Crippen LogP contribution in [0, 0.1) is 11.3 Å². The Labute approximate surface area is 169 Å². The summed E-state index contributed by atoms with van der Waals surface area (Å²) in [7, 11) is 1.62. The van der Waals surface area contributed by atoms with Gasteiger partial charge < -0.3 is 4.74 Å². The minimum Gasteiger partial charge on any atom is -0.497 e. The molecule has 0 bridgehead atoms. The van der Waals surface area contributed by atoms with Gasteiger partial charge >= 0.3 is 0 Å². The largest absolute Gasteiger partial charge is 0.497 e. The molecular weight excluding hydrogens is 370 g/mol. The summed E-state index contributed by atoms with van der Waals surface area (Å²) in [6, 6.07) is 20.3. The maximum absolute atomic E-state index is 12.9. The van der Waals surface area contributed by atoms with Crippen LogP contribution in [0.2, 0.25) is 0 Å². The van der Waals surface area contributed by atoms with Crippen LogP contribution in [0.1, 0.15) is 23.5 Å². The molecular formula is C22H21N3O2S. The molecule has 2 aromatic carbocycles. The topological polar surface area (TPSA) is 56.6 Å². The maximum atomic E-state index is 12.9. The SMILES string of the molecule is COc1ccc([C@@H]2CC(=O)N3CN(Cc4ccccc4)CSC3=C2C#N)cc1. The molecule has 5 nitrogen and oxygen atoms in total. The van der Waals surface area contributed by atoms with E-state index in [2.05, 4.69) is 23.1 Å². The molecule has 0 aliphatic carbocycles. The molecule has 2 aliphatic heterocycles. The van der Waals surface area contributed by atoms with Crippen molar-refractivity contribution in [2.75, 3.05) is 19.7 Å². The van der Waals surface area contributed by atoms with Crippen LogP contribution in [-0.2, 0) is 11.3 Å². The average Bonchev–Trinajstić information content (AvgIpc) is 2.75. The van der Waals surface area contributed by atoms with Gasteiger partial charge in [-0.2, -0.15) is 5.26 Å². The first-order chi connectivity index (χ1) is 13.7. The number of fused-ring (bicyclic) bond motifs is 1. The molecule has 6 heteroatoms. The predicted octanol–water partition coefficient (Wildman–Crippen LogP) is 3.91. The lowest BCUT2D eigenvalue weighted by molar-refractivity contribution is -0.131. The number of allylic oxidation sites excluding steroid dienone is 1. The number of hydrogen-bond donors (Lipinski definition) is 0. The van der Waals surface area contributed by atoms with E-state index in [9.17, 15) is 10.1 Å². The van der Waals surface area contributed by atoms with Gasteiger partial charge in [-0.3, -0.25) is 14.6 Å². The number of rotatable bonds is 4. The molecule has 2 aromatic rings. The summed E-state index contributed by atoms with van der Waals surface area (Å²) in [6.45, 7) is 1.31. The molecule has 2 heterocycles. The minimum atomic E-state index is -0.192. The highest BCUT2D eigenvalue weighted by Gasteiger charge is 2.38. The maximum Gasteiger partial charge on any atom is 0.229 e. The van der Waals surface area contributed by atoms with Crippen LogP contribution in [-0.4, -0.2) is 35.4 Å². The van der Waals surface area contributed by atoms with Crippen LogP contribution >= 0.6 is 11.8 Å². The van der Waals surface area contributed by atoms with Crippen LogP contribution in [0.25, 0.3) is 0 Å². The Bertz CT molecular complexity index is 935. The summed E-state index contributed by atoms with van der Waals surface area (Å²) < 4.78 is 5.22. The van der Waals surface area contributed by atoms with Crippen molar-refractivity contribution in [1.29, 1.82) is 5.26 Å². The van der Waals surface area contributed by atoms with Crippen molar-refractivity contribution in [2.24, 2.45) is 0 Å². The van der Waals surface area contributed by atoms with E-state index in [1.807, 2.05) is 42.5 Å². The fourth-order valence-corrected chi connectivity index (χ4v) is 4.81. The molecule has 0 unspecified atom stereocenters. The highest BCUT2D eigenvalue weighted by atomic mass is 32.2. The summed E-state index contributed by atoms with van der Waals surface area (Å²) in [5.41, 5.74) is 2.89. The van der Waals surface area contributed by atoms with Gasteiger partial charge in [-0.1, -0.05) is 54.2 Å². The first kappa shape index (κ1) is 18.6. The fraction of sp³-hybridized carbons (Fsp3) is 0.273. The number of carbonyl (C=O) groups excluding carboxylic acids is 1. The zero-order chi connectivity index (χ0) is 19.5. The summed E-state index contributed by atoms with van der Waals surface area (Å²) in [6.07, 6.45) is 0.318. The molecule has 1 saturated heterocycles. The molecule has 1 atom stereocenters. The Kier molecular flexibility index (Phi) is 5.38. The number of benzene rings is 2. The zero-order valence-corrected chi connectivity index (χ0v) is 16.5. The highest BCUT2D eigenvalue weighted by molar-refractivity contribution is 8.03. The number of methoxy groups -OCH3 is 1. The Balaban J connectivity index is 1.58. The fourth-order valence-electron chi connectivity index (χ4n) is 3.67.